The van der Waals surface area contributed by atoms with E-state index in [1.165, 1.54) is 0 Å². The van der Waals surface area contributed by atoms with Crippen LogP contribution in [0, 0.1) is 0 Å². The molecule has 1 unspecified atom stereocenters. The molecule has 0 aliphatic carbocycles. The predicted molar refractivity (Wildman–Crippen MR) is 66.8 cm³/mol. The van der Waals surface area contributed by atoms with E-state index in [2.05, 4.69) is 6.92 Å². The highest BCUT2D eigenvalue weighted by Gasteiger charge is 2.23. The summed E-state index contributed by atoms with van der Waals surface area (Å²) >= 11 is 13.9. The molecule has 0 fully saturated rings. The minimum atomic E-state index is -0.417. The third kappa shape index (κ3) is 2.28. The number of thioether (sulfide) groups is 1. The monoisotopic (exact) mass is 262 g/mol. The molecule has 1 aliphatic heterocycles. The van der Waals surface area contributed by atoms with Gasteiger partial charge in [-0.1, -0.05) is 36.2 Å². The van der Waals surface area contributed by atoms with E-state index in [1.807, 2.05) is 6.07 Å². The molecule has 0 amide bonds. The molecule has 1 aromatic carbocycles. The molecule has 4 heteroatoms. The molecule has 0 aromatic heterocycles. The van der Waals surface area contributed by atoms with Crippen molar-refractivity contribution in [3.8, 4) is 0 Å². The maximum atomic E-state index is 10.0. The lowest BCUT2D eigenvalue weighted by Gasteiger charge is -2.13. The predicted octanol–water partition coefficient (Wildman–Crippen LogP) is 4.05. The second kappa shape index (κ2) is 4.54. The molecule has 2 rings (SSSR count). The molecular weight excluding hydrogens is 251 g/mol. The fourth-order valence-corrected chi connectivity index (χ4v) is 3.38. The number of aliphatic hydroxyl groups excluding tert-OH is 1. The van der Waals surface area contributed by atoms with Crippen LogP contribution in [0.4, 0.5) is 0 Å². The Hall–Kier alpha value is 0.110. The van der Waals surface area contributed by atoms with Gasteiger partial charge in [-0.15, -0.1) is 0 Å². The van der Waals surface area contributed by atoms with Crippen molar-refractivity contribution in [1.82, 2.24) is 0 Å². The maximum Gasteiger partial charge on any atom is 0.0804 e. The van der Waals surface area contributed by atoms with Gasteiger partial charge in [0.25, 0.3) is 0 Å². The van der Waals surface area contributed by atoms with Crippen molar-refractivity contribution in [1.29, 1.82) is 0 Å². The van der Waals surface area contributed by atoms with E-state index < -0.39 is 6.10 Å². The van der Waals surface area contributed by atoms with Gasteiger partial charge in [-0.05, 0) is 23.6 Å². The summed E-state index contributed by atoms with van der Waals surface area (Å²) in [7, 11) is 0. The van der Waals surface area contributed by atoms with Crippen LogP contribution >= 0.6 is 35.0 Å². The van der Waals surface area contributed by atoms with Crippen LogP contribution in [-0.4, -0.2) is 10.4 Å². The van der Waals surface area contributed by atoms with Gasteiger partial charge in [0.05, 0.1) is 16.1 Å². The molecule has 0 saturated heterocycles. The molecule has 82 valence electrons. The quantitative estimate of drug-likeness (QED) is 0.761. The van der Waals surface area contributed by atoms with Crippen LogP contribution in [0.1, 0.15) is 30.6 Å². The summed E-state index contributed by atoms with van der Waals surface area (Å²) in [5.74, 6) is 0.826. The Morgan fingerprint density at radius 3 is 2.87 bits per heavy atom. The summed E-state index contributed by atoms with van der Waals surface area (Å²) in [4.78, 5) is 0. The fraction of sp³-hybridized carbons (Fsp3) is 0.455. The molecule has 2 atom stereocenters. The number of hydrogen-bond acceptors (Lipinski definition) is 2. The van der Waals surface area contributed by atoms with E-state index in [4.69, 9.17) is 23.2 Å². The first-order chi connectivity index (χ1) is 7.09. The zero-order valence-electron chi connectivity index (χ0n) is 8.34. The Morgan fingerprint density at radius 2 is 2.13 bits per heavy atom. The van der Waals surface area contributed by atoms with Crippen molar-refractivity contribution in [3.63, 3.8) is 0 Å². The van der Waals surface area contributed by atoms with Gasteiger partial charge in [0, 0.05) is 11.0 Å². The van der Waals surface area contributed by atoms with Crippen LogP contribution in [0.15, 0.2) is 12.1 Å². The zero-order valence-corrected chi connectivity index (χ0v) is 10.7. The van der Waals surface area contributed by atoms with Crippen molar-refractivity contribution >= 4 is 35.0 Å². The van der Waals surface area contributed by atoms with Gasteiger partial charge in [0.15, 0.2) is 0 Å². The zero-order chi connectivity index (χ0) is 11.0. The highest BCUT2D eigenvalue weighted by atomic mass is 35.5. The SMILES string of the molecule is CC1C[C@@H](O)c2ccc(Cl)c(Cl)c2CS1. The van der Waals surface area contributed by atoms with Crippen molar-refractivity contribution in [2.45, 2.75) is 30.5 Å². The van der Waals surface area contributed by atoms with Crippen molar-refractivity contribution in [2.75, 3.05) is 0 Å². The largest absolute Gasteiger partial charge is 0.388 e. The van der Waals surface area contributed by atoms with Crippen LogP contribution in [0.5, 0.6) is 0 Å². The standard InChI is InChI=1S/C11H12Cl2OS/c1-6-4-10(14)7-2-3-9(12)11(13)8(7)5-15-6/h2-3,6,10,14H,4-5H2,1H3/t6?,10-/m1/s1. The second-order valence-electron chi connectivity index (χ2n) is 3.80. The minimum absolute atomic E-state index is 0.417. The Kier molecular flexibility index (Phi) is 3.51. The van der Waals surface area contributed by atoms with Gasteiger partial charge in [-0.25, -0.2) is 0 Å². The van der Waals surface area contributed by atoms with Gasteiger partial charge in [0.1, 0.15) is 0 Å². The van der Waals surface area contributed by atoms with E-state index >= 15 is 0 Å². The second-order valence-corrected chi connectivity index (χ2v) is 6.01. The number of halogens is 2. The van der Waals surface area contributed by atoms with Gasteiger partial charge in [0.2, 0.25) is 0 Å². The van der Waals surface area contributed by atoms with E-state index in [9.17, 15) is 5.11 Å². The Balaban J connectivity index is 2.48. The van der Waals surface area contributed by atoms with Crippen LogP contribution in [0.3, 0.4) is 0 Å². The summed E-state index contributed by atoms with van der Waals surface area (Å²) in [6.07, 6.45) is 0.357. The Morgan fingerprint density at radius 1 is 1.40 bits per heavy atom. The van der Waals surface area contributed by atoms with Crippen LogP contribution in [0.2, 0.25) is 10.0 Å². The van der Waals surface area contributed by atoms with E-state index in [0.717, 1.165) is 23.3 Å². The molecule has 1 N–H and O–H groups in total. The molecule has 1 heterocycles. The van der Waals surface area contributed by atoms with Gasteiger partial charge < -0.3 is 5.11 Å². The normalized spacial score (nSPS) is 25.9. The number of hydrogen-bond donors (Lipinski definition) is 1. The number of aliphatic hydroxyl groups is 1. The fourth-order valence-electron chi connectivity index (χ4n) is 1.80. The van der Waals surface area contributed by atoms with Gasteiger partial charge >= 0.3 is 0 Å². The summed E-state index contributed by atoms with van der Waals surface area (Å²) in [5, 5.41) is 11.6. The third-order valence-corrected chi connectivity index (χ3v) is 4.72. The number of rotatable bonds is 0. The Bertz CT molecular complexity index is 381. The van der Waals surface area contributed by atoms with Crippen LogP contribution < -0.4 is 0 Å². The molecule has 0 bridgehead atoms. The summed E-state index contributed by atoms with van der Waals surface area (Å²) < 4.78 is 0. The minimum Gasteiger partial charge on any atom is -0.388 e. The van der Waals surface area contributed by atoms with E-state index in [-0.39, 0.29) is 0 Å². The molecule has 0 saturated carbocycles. The van der Waals surface area contributed by atoms with Gasteiger partial charge in [-0.2, -0.15) is 11.8 Å². The van der Waals surface area contributed by atoms with Crippen molar-refractivity contribution in [3.05, 3.63) is 33.3 Å². The molecule has 15 heavy (non-hydrogen) atoms. The molecule has 1 aromatic rings. The number of benzene rings is 1. The van der Waals surface area contributed by atoms with Crippen molar-refractivity contribution < 1.29 is 5.11 Å². The summed E-state index contributed by atoms with van der Waals surface area (Å²) in [6.45, 7) is 2.12. The van der Waals surface area contributed by atoms with E-state index in [1.54, 1.807) is 17.8 Å². The average Bonchev–Trinajstić information content (AvgIpc) is 2.32. The number of fused-ring (bicyclic) bond motifs is 1. The average molecular weight is 263 g/mol. The molecular formula is C11H12Cl2OS. The maximum absolute atomic E-state index is 10.0. The van der Waals surface area contributed by atoms with Gasteiger partial charge in [-0.3, -0.25) is 0 Å². The molecule has 1 aliphatic rings. The lowest BCUT2D eigenvalue weighted by atomic mass is 10.0. The van der Waals surface area contributed by atoms with Crippen molar-refractivity contribution in [2.24, 2.45) is 0 Å². The first kappa shape index (κ1) is 11.6. The van der Waals surface area contributed by atoms with Crippen LogP contribution in [-0.2, 0) is 5.75 Å². The Labute approximate surface area is 104 Å². The lowest BCUT2D eigenvalue weighted by Crippen LogP contribution is -2.03. The third-order valence-electron chi connectivity index (χ3n) is 2.66. The highest BCUT2D eigenvalue weighted by Crippen LogP contribution is 2.40. The van der Waals surface area contributed by atoms with Crippen LogP contribution in [0.25, 0.3) is 0 Å². The topological polar surface area (TPSA) is 20.2 Å². The molecule has 0 spiro atoms. The summed E-state index contributed by atoms with van der Waals surface area (Å²) in [6, 6.07) is 3.64. The smallest absolute Gasteiger partial charge is 0.0804 e. The molecule has 0 radical (unpaired) electrons. The van der Waals surface area contributed by atoms with E-state index in [0.29, 0.717) is 15.3 Å². The summed E-state index contributed by atoms with van der Waals surface area (Å²) in [5.41, 5.74) is 1.92. The first-order valence-corrected chi connectivity index (χ1v) is 6.66. The molecule has 1 nitrogen and oxygen atoms in total. The first-order valence-electron chi connectivity index (χ1n) is 4.86. The lowest BCUT2D eigenvalue weighted by molar-refractivity contribution is 0.168. The highest BCUT2D eigenvalue weighted by molar-refractivity contribution is 7.99.